The second-order valence-corrected chi connectivity index (χ2v) is 2.92. The number of aryl methyl sites for hydroxylation is 1. The molecule has 0 aromatic heterocycles. The van der Waals surface area contributed by atoms with Crippen molar-refractivity contribution in [1.82, 2.24) is 0 Å². The zero-order chi connectivity index (χ0) is 10.9. The van der Waals surface area contributed by atoms with Gasteiger partial charge in [0.15, 0.2) is 0 Å². The van der Waals surface area contributed by atoms with Crippen molar-refractivity contribution in [3.8, 4) is 0 Å². The Morgan fingerprint density at radius 1 is 1.14 bits per heavy atom. The Bertz CT molecular complexity index is 315. The van der Waals surface area contributed by atoms with E-state index in [9.17, 15) is 17.6 Å². The fraction of sp³-hybridized carbons (Fsp3) is 0.333. The minimum absolute atomic E-state index is 0.269. The molecule has 0 aliphatic rings. The molecule has 1 N–H and O–H groups in total. The monoisotopic (exact) mass is 208 g/mol. The van der Waals surface area contributed by atoms with Crippen molar-refractivity contribution in [2.75, 3.05) is 0 Å². The Morgan fingerprint density at radius 3 is 1.93 bits per heavy atom. The summed E-state index contributed by atoms with van der Waals surface area (Å²) in [5.41, 5.74) is -0.712. The molecule has 5 heteroatoms. The SMILES string of the molecule is Cc1cc(F)c(C(O)C(F)F)c(F)c1. The first-order valence-electron chi connectivity index (χ1n) is 3.85. The number of hydrogen-bond donors (Lipinski definition) is 1. The Hall–Kier alpha value is -1.10. The number of aliphatic hydroxyl groups is 1. The standard InChI is InChI=1S/C9H8F4O/c1-4-2-5(10)7(6(11)3-4)8(14)9(12)13/h2-3,8-9,14H,1H3. The van der Waals surface area contributed by atoms with Gasteiger partial charge in [0.05, 0.1) is 5.56 Å². The second-order valence-electron chi connectivity index (χ2n) is 2.92. The van der Waals surface area contributed by atoms with Crippen molar-refractivity contribution in [2.24, 2.45) is 0 Å². The van der Waals surface area contributed by atoms with Crippen LogP contribution in [0.4, 0.5) is 17.6 Å². The summed E-state index contributed by atoms with van der Waals surface area (Å²) in [6.07, 6.45) is -5.63. The summed E-state index contributed by atoms with van der Waals surface area (Å²) in [4.78, 5) is 0. The smallest absolute Gasteiger partial charge is 0.268 e. The Labute approximate surface area is 78.0 Å². The number of rotatable bonds is 2. The van der Waals surface area contributed by atoms with Gasteiger partial charge in [0, 0.05) is 0 Å². The van der Waals surface area contributed by atoms with Gasteiger partial charge < -0.3 is 5.11 Å². The summed E-state index contributed by atoms with van der Waals surface area (Å²) in [5.74, 6) is -2.31. The maximum absolute atomic E-state index is 13.0. The van der Waals surface area contributed by atoms with Crippen LogP contribution in [0.5, 0.6) is 0 Å². The topological polar surface area (TPSA) is 20.2 Å². The Morgan fingerprint density at radius 2 is 1.57 bits per heavy atom. The van der Waals surface area contributed by atoms with E-state index < -0.39 is 29.7 Å². The molecule has 0 saturated carbocycles. The van der Waals surface area contributed by atoms with Crippen LogP contribution in [0.3, 0.4) is 0 Å². The molecule has 0 heterocycles. The molecule has 1 unspecified atom stereocenters. The van der Waals surface area contributed by atoms with E-state index in [0.717, 1.165) is 12.1 Å². The second kappa shape index (κ2) is 3.96. The van der Waals surface area contributed by atoms with Gasteiger partial charge in [-0.2, -0.15) is 0 Å². The first-order chi connectivity index (χ1) is 6.43. The largest absolute Gasteiger partial charge is 0.382 e. The molecule has 1 atom stereocenters. The lowest BCUT2D eigenvalue weighted by Gasteiger charge is -2.12. The molecule has 0 aliphatic carbocycles. The molecule has 0 saturated heterocycles. The normalized spacial score (nSPS) is 13.4. The molecule has 78 valence electrons. The van der Waals surface area contributed by atoms with Crippen LogP contribution < -0.4 is 0 Å². The minimum atomic E-state index is -3.21. The van der Waals surface area contributed by atoms with Gasteiger partial charge in [-0.25, -0.2) is 17.6 Å². The molecule has 0 amide bonds. The highest BCUT2D eigenvalue weighted by Crippen LogP contribution is 2.26. The van der Waals surface area contributed by atoms with Gasteiger partial charge in [0.1, 0.15) is 17.7 Å². The number of halogens is 4. The van der Waals surface area contributed by atoms with Crippen LogP contribution in [0.1, 0.15) is 17.2 Å². The van der Waals surface area contributed by atoms with Gasteiger partial charge in [0.25, 0.3) is 6.43 Å². The van der Waals surface area contributed by atoms with Crippen LogP contribution in [-0.4, -0.2) is 11.5 Å². The number of alkyl halides is 2. The first-order valence-corrected chi connectivity index (χ1v) is 3.85. The van der Waals surface area contributed by atoms with E-state index in [1.54, 1.807) is 0 Å². The van der Waals surface area contributed by atoms with E-state index in [0.29, 0.717) is 0 Å². The van der Waals surface area contributed by atoms with E-state index in [-0.39, 0.29) is 5.56 Å². The van der Waals surface area contributed by atoms with Crippen molar-refractivity contribution < 1.29 is 22.7 Å². The molecule has 0 aliphatic heterocycles. The summed E-state index contributed by atoms with van der Waals surface area (Å²) in [6, 6.07) is 1.79. The van der Waals surface area contributed by atoms with Gasteiger partial charge >= 0.3 is 0 Å². The van der Waals surface area contributed by atoms with Crippen molar-refractivity contribution in [1.29, 1.82) is 0 Å². The summed E-state index contributed by atoms with van der Waals surface area (Å²) < 4.78 is 50.0. The zero-order valence-electron chi connectivity index (χ0n) is 7.27. The minimum Gasteiger partial charge on any atom is -0.382 e. The summed E-state index contributed by atoms with van der Waals surface area (Å²) in [6.45, 7) is 1.42. The lowest BCUT2D eigenvalue weighted by molar-refractivity contribution is -0.00978. The van der Waals surface area contributed by atoms with Crippen molar-refractivity contribution in [2.45, 2.75) is 19.5 Å². The van der Waals surface area contributed by atoms with Gasteiger partial charge in [-0.05, 0) is 24.6 Å². The van der Waals surface area contributed by atoms with Crippen LogP contribution in [0.2, 0.25) is 0 Å². The predicted molar refractivity (Wildman–Crippen MR) is 42.1 cm³/mol. The molecule has 1 aromatic rings. The van der Waals surface area contributed by atoms with E-state index in [1.165, 1.54) is 6.92 Å². The van der Waals surface area contributed by atoms with Crippen molar-refractivity contribution >= 4 is 0 Å². The summed E-state index contributed by atoms with van der Waals surface area (Å²) >= 11 is 0. The van der Waals surface area contributed by atoms with Crippen LogP contribution in [0, 0.1) is 18.6 Å². The molecule has 0 bridgehead atoms. The average molecular weight is 208 g/mol. The molecular weight excluding hydrogens is 200 g/mol. The van der Waals surface area contributed by atoms with Gasteiger partial charge in [-0.3, -0.25) is 0 Å². The lowest BCUT2D eigenvalue weighted by atomic mass is 10.1. The molecular formula is C9H8F4O. The number of hydrogen-bond acceptors (Lipinski definition) is 1. The Kier molecular flexibility index (Phi) is 3.10. The van der Waals surface area contributed by atoms with Crippen molar-refractivity contribution in [3.63, 3.8) is 0 Å². The first kappa shape index (κ1) is 11.0. The maximum atomic E-state index is 13.0. The maximum Gasteiger partial charge on any atom is 0.268 e. The summed E-state index contributed by atoms with van der Waals surface area (Å²) in [5, 5.41) is 8.82. The highest BCUT2D eigenvalue weighted by Gasteiger charge is 2.26. The van der Waals surface area contributed by atoms with E-state index in [1.807, 2.05) is 0 Å². The van der Waals surface area contributed by atoms with E-state index >= 15 is 0 Å². The quantitative estimate of drug-likeness (QED) is 0.740. The molecule has 0 spiro atoms. The predicted octanol–water partition coefficient (Wildman–Crippen LogP) is 2.57. The molecule has 1 aromatic carbocycles. The van der Waals surface area contributed by atoms with Gasteiger partial charge in [0.2, 0.25) is 0 Å². The number of benzene rings is 1. The molecule has 1 rings (SSSR count). The van der Waals surface area contributed by atoms with Crippen LogP contribution in [-0.2, 0) is 0 Å². The van der Waals surface area contributed by atoms with Crippen LogP contribution >= 0.6 is 0 Å². The van der Waals surface area contributed by atoms with Gasteiger partial charge in [-0.15, -0.1) is 0 Å². The third kappa shape index (κ3) is 2.04. The highest BCUT2D eigenvalue weighted by molar-refractivity contribution is 5.27. The average Bonchev–Trinajstić information content (AvgIpc) is 2.01. The number of aliphatic hydroxyl groups excluding tert-OH is 1. The van der Waals surface area contributed by atoms with Crippen molar-refractivity contribution in [3.05, 3.63) is 34.9 Å². The fourth-order valence-electron chi connectivity index (χ4n) is 1.12. The molecule has 1 nitrogen and oxygen atoms in total. The third-order valence-electron chi connectivity index (χ3n) is 1.76. The lowest BCUT2D eigenvalue weighted by Crippen LogP contribution is -2.12. The zero-order valence-corrected chi connectivity index (χ0v) is 7.27. The molecule has 0 radical (unpaired) electrons. The van der Waals surface area contributed by atoms with Crippen LogP contribution in [0.15, 0.2) is 12.1 Å². The molecule has 0 fully saturated rings. The third-order valence-corrected chi connectivity index (χ3v) is 1.76. The molecule has 14 heavy (non-hydrogen) atoms. The van der Waals surface area contributed by atoms with Crippen LogP contribution in [0.25, 0.3) is 0 Å². The fourth-order valence-corrected chi connectivity index (χ4v) is 1.12. The van der Waals surface area contributed by atoms with E-state index in [4.69, 9.17) is 5.11 Å². The summed E-state index contributed by atoms with van der Waals surface area (Å²) in [7, 11) is 0. The highest BCUT2D eigenvalue weighted by atomic mass is 19.3. The van der Waals surface area contributed by atoms with Gasteiger partial charge in [-0.1, -0.05) is 0 Å². The van der Waals surface area contributed by atoms with E-state index in [2.05, 4.69) is 0 Å². The Balaban J connectivity index is 3.20.